The van der Waals surface area contributed by atoms with Crippen LogP contribution in [0.1, 0.15) is 18.4 Å². The molecule has 1 aliphatic heterocycles. The summed E-state index contributed by atoms with van der Waals surface area (Å²) in [5, 5.41) is 1.45. The van der Waals surface area contributed by atoms with Crippen molar-refractivity contribution in [3.05, 3.63) is 60.2 Å². The van der Waals surface area contributed by atoms with E-state index in [0.717, 1.165) is 58.6 Å². The van der Waals surface area contributed by atoms with Crippen molar-refractivity contribution in [2.45, 2.75) is 24.4 Å². The lowest BCUT2D eigenvalue weighted by Gasteiger charge is -2.37. The van der Waals surface area contributed by atoms with Gasteiger partial charge in [-0.05, 0) is 60.4 Å². The maximum Gasteiger partial charge on any atom is 0.301 e. The Hall–Kier alpha value is -2.53. The van der Waals surface area contributed by atoms with Crippen LogP contribution >= 0.6 is 11.8 Å². The Balaban J connectivity index is 1.53. The Labute approximate surface area is 169 Å². The molecule has 5 heteroatoms. The molecule has 0 fully saturated rings. The van der Waals surface area contributed by atoms with E-state index in [0.29, 0.717) is 0 Å². The molecule has 0 saturated carbocycles. The van der Waals surface area contributed by atoms with E-state index < -0.39 is 5.12 Å². The summed E-state index contributed by atoms with van der Waals surface area (Å²) in [7, 11) is 3.37. The molecule has 1 aliphatic rings. The van der Waals surface area contributed by atoms with Crippen LogP contribution < -0.4 is 18.9 Å². The molecule has 0 bridgehead atoms. The van der Waals surface area contributed by atoms with Gasteiger partial charge in [-0.15, -0.1) is 0 Å². The van der Waals surface area contributed by atoms with Crippen LogP contribution in [0.4, 0.5) is 0 Å². The van der Waals surface area contributed by atoms with Crippen LogP contribution in [-0.4, -0.2) is 25.6 Å². The SMILES string of the molecule is COc1ccc(OC)c(CCCC2(SC)Oc3cccc4cccc(c34)O2)c1. The van der Waals surface area contributed by atoms with Crippen molar-refractivity contribution in [3.63, 3.8) is 0 Å². The topological polar surface area (TPSA) is 36.9 Å². The van der Waals surface area contributed by atoms with E-state index in [4.69, 9.17) is 18.9 Å². The van der Waals surface area contributed by atoms with Crippen LogP contribution in [0.15, 0.2) is 54.6 Å². The van der Waals surface area contributed by atoms with E-state index in [1.54, 1.807) is 26.0 Å². The van der Waals surface area contributed by atoms with Gasteiger partial charge in [0.2, 0.25) is 0 Å². The Kier molecular flexibility index (Phi) is 5.27. The molecule has 1 heterocycles. The zero-order valence-electron chi connectivity index (χ0n) is 16.4. The molecule has 0 unspecified atom stereocenters. The van der Waals surface area contributed by atoms with Crippen molar-refractivity contribution in [1.29, 1.82) is 0 Å². The lowest BCUT2D eigenvalue weighted by molar-refractivity contribution is -0.0422. The van der Waals surface area contributed by atoms with Crippen LogP contribution in [0.3, 0.4) is 0 Å². The smallest absolute Gasteiger partial charge is 0.301 e. The molecule has 3 aromatic carbocycles. The second kappa shape index (κ2) is 7.84. The summed E-state index contributed by atoms with van der Waals surface area (Å²) in [5.41, 5.74) is 1.12. The number of thioether (sulfide) groups is 1. The molecule has 0 aliphatic carbocycles. The lowest BCUT2D eigenvalue weighted by atomic mass is 10.1. The van der Waals surface area contributed by atoms with Crippen LogP contribution in [0.25, 0.3) is 10.8 Å². The minimum absolute atomic E-state index is 0.727. The van der Waals surface area contributed by atoms with Gasteiger partial charge in [-0.25, -0.2) is 0 Å². The predicted molar refractivity (Wildman–Crippen MR) is 114 cm³/mol. The molecule has 28 heavy (non-hydrogen) atoms. The average Bonchev–Trinajstić information content (AvgIpc) is 2.74. The molecule has 4 rings (SSSR count). The quantitative estimate of drug-likeness (QED) is 0.514. The highest BCUT2D eigenvalue weighted by molar-refractivity contribution is 7.99. The number of methoxy groups -OCH3 is 2. The highest BCUT2D eigenvalue weighted by atomic mass is 32.2. The summed E-state index contributed by atoms with van der Waals surface area (Å²) >= 11 is 1.59. The first-order valence-corrected chi connectivity index (χ1v) is 10.6. The summed E-state index contributed by atoms with van der Waals surface area (Å²) < 4.78 is 23.6. The van der Waals surface area contributed by atoms with Crippen LogP contribution in [0, 0.1) is 0 Å². The molecule has 0 spiro atoms. The summed E-state index contributed by atoms with van der Waals surface area (Å²) in [6.07, 6.45) is 4.52. The van der Waals surface area contributed by atoms with E-state index >= 15 is 0 Å². The van der Waals surface area contributed by atoms with Gasteiger partial charge in [0.25, 0.3) is 0 Å². The Morgan fingerprint density at radius 2 is 1.64 bits per heavy atom. The summed E-state index contributed by atoms with van der Waals surface area (Å²) in [6, 6.07) is 18.1. The zero-order chi connectivity index (χ0) is 19.6. The van der Waals surface area contributed by atoms with Gasteiger partial charge in [-0.1, -0.05) is 36.0 Å². The summed E-state index contributed by atoms with van der Waals surface area (Å²) in [6.45, 7) is 0. The number of benzene rings is 3. The van der Waals surface area contributed by atoms with Gasteiger partial charge < -0.3 is 18.9 Å². The molecule has 4 nitrogen and oxygen atoms in total. The minimum atomic E-state index is -0.727. The first kappa shape index (κ1) is 18.8. The van der Waals surface area contributed by atoms with Crippen molar-refractivity contribution in [3.8, 4) is 23.0 Å². The van der Waals surface area contributed by atoms with E-state index in [2.05, 4.69) is 12.1 Å². The Bertz CT molecular complexity index is 945. The molecule has 146 valence electrons. The number of ether oxygens (including phenoxy) is 4. The van der Waals surface area contributed by atoms with Gasteiger partial charge in [0.05, 0.1) is 19.6 Å². The molecule has 0 saturated heterocycles. The van der Waals surface area contributed by atoms with Crippen LogP contribution in [0.5, 0.6) is 23.0 Å². The number of hydrogen-bond donors (Lipinski definition) is 0. The number of aryl methyl sites for hydroxylation is 1. The highest BCUT2D eigenvalue weighted by Crippen LogP contribution is 2.46. The normalized spacial score (nSPS) is 14.2. The van der Waals surface area contributed by atoms with Crippen molar-refractivity contribution in [1.82, 2.24) is 0 Å². The van der Waals surface area contributed by atoms with E-state index in [-0.39, 0.29) is 0 Å². The van der Waals surface area contributed by atoms with Crippen LogP contribution in [0.2, 0.25) is 0 Å². The molecular formula is C23H24O4S. The predicted octanol–water partition coefficient (Wildman–Crippen LogP) is 5.67. The van der Waals surface area contributed by atoms with Gasteiger partial charge in [-0.3, -0.25) is 0 Å². The maximum atomic E-state index is 6.37. The van der Waals surface area contributed by atoms with Gasteiger partial charge in [-0.2, -0.15) is 0 Å². The van der Waals surface area contributed by atoms with E-state index in [1.165, 1.54) is 0 Å². The molecule has 0 N–H and O–H groups in total. The fourth-order valence-electron chi connectivity index (χ4n) is 3.66. The third kappa shape index (κ3) is 3.47. The van der Waals surface area contributed by atoms with Gasteiger partial charge in [0.15, 0.2) is 0 Å². The first-order valence-electron chi connectivity index (χ1n) is 9.34. The van der Waals surface area contributed by atoms with Crippen molar-refractivity contribution in [2.24, 2.45) is 0 Å². The maximum absolute atomic E-state index is 6.37. The minimum Gasteiger partial charge on any atom is -0.497 e. The lowest BCUT2D eigenvalue weighted by Crippen LogP contribution is -2.40. The highest BCUT2D eigenvalue weighted by Gasteiger charge is 2.38. The number of rotatable bonds is 7. The molecule has 3 aromatic rings. The van der Waals surface area contributed by atoms with Gasteiger partial charge in [0, 0.05) is 6.42 Å². The zero-order valence-corrected chi connectivity index (χ0v) is 17.2. The van der Waals surface area contributed by atoms with Crippen molar-refractivity contribution >= 4 is 22.5 Å². The summed E-state index contributed by atoms with van der Waals surface area (Å²) in [5.74, 6) is 3.47. The van der Waals surface area contributed by atoms with Gasteiger partial charge >= 0.3 is 5.12 Å². The fraction of sp³-hybridized carbons (Fsp3) is 0.304. The first-order chi connectivity index (χ1) is 13.7. The monoisotopic (exact) mass is 396 g/mol. The third-order valence-electron chi connectivity index (χ3n) is 5.09. The third-order valence-corrected chi connectivity index (χ3v) is 6.08. The molecule has 0 aromatic heterocycles. The second-order valence-electron chi connectivity index (χ2n) is 6.73. The van der Waals surface area contributed by atoms with Crippen LogP contribution in [-0.2, 0) is 6.42 Å². The molecule has 0 radical (unpaired) electrons. The van der Waals surface area contributed by atoms with E-state index in [1.807, 2.05) is 48.7 Å². The average molecular weight is 397 g/mol. The second-order valence-corrected chi connectivity index (χ2v) is 7.76. The fourth-order valence-corrected chi connectivity index (χ4v) is 4.35. The largest absolute Gasteiger partial charge is 0.497 e. The van der Waals surface area contributed by atoms with E-state index in [9.17, 15) is 0 Å². The van der Waals surface area contributed by atoms with Crippen molar-refractivity contribution < 1.29 is 18.9 Å². The van der Waals surface area contributed by atoms with Crippen molar-refractivity contribution in [2.75, 3.05) is 20.5 Å². The molecule has 0 atom stereocenters. The summed E-state index contributed by atoms with van der Waals surface area (Å²) in [4.78, 5) is 0. The molecular weight excluding hydrogens is 372 g/mol. The number of hydrogen-bond acceptors (Lipinski definition) is 5. The molecule has 0 amide bonds. The Morgan fingerprint density at radius 3 is 2.25 bits per heavy atom. The standard InChI is InChI=1S/C23H24O4S/c1-24-18-12-13-19(25-2)17(15-18)9-6-14-23(28-3)26-20-10-4-7-16-8-5-11-21(27-23)22(16)20/h4-5,7-8,10-13,15H,6,9,14H2,1-3H3. The van der Waals surface area contributed by atoms with Gasteiger partial charge in [0.1, 0.15) is 23.0 Å². The Morgan fingerprint density at radius 1 is 0.929 bits per heavy atom.